The van der Waals surface area contributed by atoms with Gasteiger partial charge in [-0.25, -0.2) is 0 Å². The molecule has 6 nitrogen and oxygen atoms in total. The largest absolute Gasteiger partial charge is 0.311 e. The predicted molar refractivity (Wildman–Crippen MR) is 430 cm³/mol. The zero-order valence-electron chi connectivity index (χ0n) is 63.0. The summed E-state index contributed by atoms with van der Waals surface area (Å²) < 4.78 is 80.4. The maximum absolute atomic E-state index is 8.97. The number of hydrogen-bond donors (Lipinski definition) is 0. The van der Waals surface area contributed by atoms with Crippen LogP contribution in [0.1, 0.15) is 11.0 Å². The van der Waals surface area contributed by atoms with E-state index in [0.29, 0.717) is 5.69 Å². The number of nitrogens with zero attached hydrogens (tertiary/aromatic N) is 6. The first-order chi connectivity index (χ1) is 53.9. The Labute approximate surface area is 600 Å². The van der Waals surface area contributed by atoms with Crippen molar-refractivity contribution in [2.24, 2.45) is 0 Å². The fourth-order valence-electron chi connectivity index (χ4n) is 15.7. The van der Waals surface area contributed by atoms with Gasteiger partial charge >= 0.3 is 0 Å². The average Bonchev–Trinajstić information content (AvgIpc) is 1.54. The van der Waals surface area contributed by atoms with E-state index in [1.807, 2.05) is 66.7 Å². The van der Waals surface area contributed by atoms with Gasteiger partial charge in [-0.05, 0) is 180 Å². The SMILES string of the molecule is [2H]c1c([2H])c([2H])c2c(c1[2H])c1c([2H])c([2H])c([2H])c([2H])c1n2-c1cccc(-n2c3ccccc3c3cc(-c4ccc(N(c5ccccc5)c5ccccc5)cc4)ccc32)c1.c1cc(-n2c3ccccc3c3ccccc32)cc(-n2c3ccccc3c3cc(-c4ccc(-n5c6ccccc6c6ccccc65)cc4)ccc32)c1. The van der Waals surface area contributed by atoms with Crippen LogP contribution in [0.3, 0.4) is 0 Å². The van der Waals surface area contributed by atoms with E-state index in [9.17, 15) is 0 Å². The lowest BCUT2D eigenvalue weighted by Crippen LogP contribution is -2.09. The second-order valence-corrected chi connectivity index (χ2v) is 25.8. The van der Waals surface area contributed by atoms with Crippen LogP contribution in [0.15, 0.2) is 388 Å². The second kappa shape index (κ2) is 24.1. The lowest BCUT2D eigenvalue weighted by molar-refractivity contribution is 1.13. The molecule has 16 aromatic carbocycles. The van der Waals surface area contributed by atoms with Crippen LogP contribution in [-0.4, -0.2) is 22.8 Å². The Balaban J connectivity index is 0.000000145. The van der Waals surface area contributed by atoms with Crippen molar-refractivity contribution < 1.29 is 11.0 Å². The minimum Gasteiger partial charge on any atom is -0.311 e. The lowest BCUT2D eigenvalue weighted by atomic mass is 10.0. The molecule has 0 saturated carbocycles. The molecule has 478 valence electrons. The Morgan fingerprint density at radius 3 is 0.824 bits per heavy atom. The molecule has 0 spiro atoms. The molecule has 5 heterocycles. The first kappa shape index (κ1) is 50.6. The molecule has 0 atom stereocenters. The summed E-state index contributed by atoms with van der Waals surface area (Å²) in [6, 6.07) is 117. The molecule has 102 heavy (non-hydrogen) atoms. The number of rotatable bonds is 10. The molecule has 0 radical (unpaired) electrons. The number of benzene rings is 16. The molecule has 0 fully saturated rings. The van der Waals surface area contributed by atoms with E-state index < -0.39 is 24.2 Å². The van der Waals surface area contributed by atoms with Gasteiger partial charge in [0.15, 0.2) is 0 Å². The molecule has 0 aliphatic carbocycles. The molecule has 0 bridgehead atoms. The maximum Gasteiger partial charge on any atom is 0.0645 e. The first-order valence-electron chi connectivity index (χ1n) is 38.3. The molecule has 21 rings (SSSR count). The van der Waals surface area contributed by atoms with E-state index in [-0.39, 0.29) is 46.0 Å². The summed E-state index contributed by atoms with van der Waals surface area (Å²) in [6.45, 7) is 0. The Morgan fingerprint density at radius 1 is 0.176 bits per heavy atom. The Morgan fingerprint density at radius 2 is 0.451 bits per heavy atom. The van der Waals surface area contributed by atoms with Crippen LogP contribution in [0.5, 0.6) is 0 Å². The Hall–Kier alpha value is -13.7. The van der Waals surface area contributed by atoms with Gasteiger partial charge in [-0.15, -0.1) is 0 Å². The van der Waals surface area contributed by atoms with Crippen LogP contribution in [-0.2, 0) is 0 Å². The fourth-order valence-corrected chi connectivity index (χ4v) is 15.7. The smallest absolute Gasteiger partial charge is 0.0645 e. The zero-order valence-corrected chi connectivity index (χ0v) is 55.0. The van der Waals surface area contributed by atoms with Gasteiger partial charge in [0, 0.05) is 99.4 Å². The van der Waals surface area contributed by atoms with Crippen LogP contribution >= 0.6 is 0 Å². The van der Waals surface area contributed by atoms with Gasteiger partial charge in [-0.3, -0.25) is 0 Å². The first-order valence-corrected chi connectivity index (χ1v) is 34.3. The summed E-state index contributed by atoms with van der Waals surface area (Å²) in [4.78, 5) is 2.23. The normalized spacial score (nSPS) is 12.8. The van der Waals surface area contributed by atoms with Crippen LogP contribution < -0.4 is 4.90 Å². The number of anilines is 3. The third-order valence-electron chi connectivity index (χ3n) is 20.2. The van der Waals surface area contributed by atoms with Gasteiger partial charge in [0.25, 0.3) is 0 Å². The summed E-state index contributed by atoms with van der Waals surface area (Å²) in [5.41, 5.74) is 21.8. The molecule has 0 aliphatic heterocycles. The van der Waals surface area contributed by atoms with Gasteiger partial charge in [-0.2, -0.15) is 0 Å². The van der Waals surface area contributed by atoms with E-state index in [1.165, 1.54) is 76.5 Å². The highest BCUT2D eigenvalue weighted by molar-refractivity contribution is 6.14. The van der Waals surface area contributed by atoms with Crippen molar-refractivity contribution >= 4 is 126 Å². The molecule has 5 aromatic heterocycles. The monoisotopic (exact) mass is 1310 g/mol. The van der Waals surface area contributed by atoms with Gasteiger partial charge in [0.2, 0.25) is 0 Å². The molecule has 6 heteroatoms. The summed E-state index contributed by atoms with van der Waals surface area (Å²) in [7, 11) is 0. The molecule has 0 N–H and O–H groups in total. The molecule has 0 saturated heterocycles. The lowest BCUT2D eigenvalue weighted by Gasteiger charge is -2.25. The van der Waals surface area contributed by atoms with Crippen LogP contribution in [0.4, 0.5) is 17.1 Å². The molecule has 0 unspecified atom stereocenters. The molecule has 21 aromatic rings. The minimum absolute atomic E-state index is 0.0497. The molecule has 0 aliphatic rings. The van der Waals surface area contributed by atoms with Crippen molar-refractivity contribution in [3.05, 3.63) is 388 Å². The summed E-state index contributed by atoms with van der Waals surface area (Å²) in [6.07, 6.45) is 0. The highest BCUT2D eigenvalue weighted by Crippen LogP contribution is 2.42. The standard InChI is InChI=1S/C48H31N3.C48H33N3/c1-6-19-43-37(14-1)38-15-2-7-20-44(38)49(43)34-27-24-32(25-28-34)33-26-29-48-42(30-33)41-18-5-10-23-47(41)51(48)36-13-11-12-35(31-36)50-45-21-8-3-16-39(45)40-17-4-9-22-46(40)50;1-3-14-36(15-4-1)49(37-16-5-2-6-17-37)38-29-26-34(27-30-38)35-28-31-48-44(32-35)43-22-9-12-25-47(43)51(48)40-19-13-18-39(33-40)50-45-23-10-7-20-41(45)42-21-8-11-24-46(42)50/h1-31H;1-33H/i;7D,8D,10D,11D,20D,21D,23D,24D. The number of hydrogen-bond acceptors (Lipinski definition) is 1. The minimum atomic E-state index is -0.468. The fraction of sp³-hybridized carbons (Fsp3) is 0. The van der Waals surface area contributed by atoms with E-state index in [1.54, 1.807) is 10.6 Å². The second-order valence-electron chi connectivity index (χ2n) is 25.8. The van der Waals surface area contributed by atoms with Gasteiger partial charge in [-0.1, -0.05) is 230 Å². The quantitative estimate of drug-likeness (QED) is 0.134. The van der Waals surface area contributed by atoms with Crippen molar-refractivity contribution in [3.8, 4) is 50.7 Å². The van der Waals surface area contributed by atoms with E-state index in [4.69, 9.17) is 11.0 Å². The maximum atomic E-state index is 8.97. The van der Waals surface area contributed by atoms with Crippen LogP contribution in [0.25, 0.3) is 160 Å². The summed E-state index contributed by atoms with van der Waals surface area (Å²) in [5.74, 6) is 0. The summed E-state index contributed by atoms with van der Waals surface area (Å²) >= 11 is 0. The number of para-hydroxylation sites is 10. The number of fused-ring (bicyclic) bond motifs is 15. The Kier molecular flexibility index (Phi) is 12.0. The molecular formula is C96H64N6. The predicted octanol–water partition coefficient (Wildman–Crippen LogP) is 25.7. The summed E-state index contributed by atoms with van der Waals surface area (Å²) in [5, 5.41) is 9.78. The Bertz CT molecular complexity index is 7100. The molecule has 0 amide bonds. The van der Waals surface area contributed by atoms with E-state index >= 15 is 0 Å². The van der Waals surface area contributed by atoms with Crippen molar-refractivity contribution in [1.29, 1.82) is 0 Å². The van der Waals surface area contributed by atoms with Crippen molar-refractivity contribution in [1.82, 2.24) is 22.8 Å². The topological polar surface area (TPSA) is 27.9 Å². The van der Waals surface area contributed by atoms with Gasteiger partial charge < -0.3 is 27.7 Å². The van der Waals surface area contributed by atoms with Gasteiger partial charge in [0.1, 0.15) is 0 Å². The van der Waals surface area contributed by atoms with Crippen molar-refractivity contribution in [2.75, 3.05) is 4.90 Å². The van der Waals surface area contributed by atoms with Gasteiger partial charge in [0.05, 0.1) is 66.1 Å². The number of aromatic nitrogens is 5. The van der Waals surface area contributed by atoms with E-state index in [2.05, 4.69) is 290 Å². The third kappa shape index (κ3) is 9.56. The van der Waals surface area contributed by atoms with E-state index in [0.717, 1.165) is 72.7 Å². The zero-order chi connectivity index (χ0) is 74.2. The third-order valence-corrected chi connectivity index (χ3v) is 20.2. The van der Waals surface area contributed by atoms with Crippen LogP contribution in [0, 0.1) is 0 Å². The molecular weight excluding hydrogens is 1240 g/mol. The van der Waals surface area contributed by atoms with Crippen LogP contribution in [0.2, 0.25) is 0 Å². The van der Waals surface area contributed by atoms with Crippen molar-refractivity contribution in [2.45, 2.75) is 0 Å². The highest BCUT2D eigenvalue weighted by Gasteiger charge is 2.21. The highest BCUT2D eigenvalue weighted by atomic mass is 15.1. The van der Waals surface area contributed by atoms with Crippen molar-refractivity contribution in [3.63, 3.8) is 0 Å². The average molecular weight is 1310 g/mol.